The topological polar surface area (TPSA) is 58.6 Å². The van der Waals surface area contributed by atoms with Gasteiger partial charge in [0, 0.05) is 25.1 Å². The number of rotatable bonds is 6. The molecule has 0 aromatic heterocycles. The van der Waals surface area contributed by atoms with Gasteiger partial charge in [-0.3, -0.25) is 9.59 Å². The molecule has 1 saturated heterocycles. The van der Waals surface area contributed by atoms with E-state index in [1.54, 1.807) is 48.4 Å². The zero-order valence-corrected chi connectivity index (χ0v) is 14.6. The highest BCUT2D eigenvalue weighted by molar-refractivity contribution is 5.95. The molecule has 1 heterocycles. The van der Waals surface area contributed by atoms with Crippen molar-refractivity contribution in [3.8, 4) is 5.75 Å². The molecule has 0 saturated carbocycles. The van der Waals surface area contributed by atoms with Gasteiger partial charge in [0.15, 0.2) is 0 Å². The lowest BCUT2D eigenvalue weighted by Crippen LogP contribution is -2.37. The Morgan fingerprint density at radius 3 is 2.54 bits per heavy atom. The van der Waals surface area contributed by atoms with Crippen LogP contribution in [-0.2, 0) is 11.2 Å². The number of carbonyl (C=O) groups excluding carboxylic acids is 2. The number of nitrogens with zero attached hydrogens (tertiary/aromatic N) is 1. The highest BCUT2D eigenvalue weighted by atomic mass is 19.1. The first-order chi connectivity index (χ1) is 12.5. The van der Waals surface area contributed by atoms with E-state index in [2.05, 4.69) is 5.32 Å². The fourth-order valence-corrected chi connectivity index (χ4v) is 3.01. The standard InChI is InChI=1S/C20H21FN2O3/c1-26-18-8-4-15(5-9-18)20(25)22-17-12-19(24)23(13-17)11-10-14-2-6-16(21)7-3-14/h2-9,17H,10-13H2,1H3,(H,22,25)/t17-/m1/s1. The Morgan fingerprint density at radius 1 is 1.19 bits per heavy atom. The highest BCUT2D eigenvalue weighted by Gasteiger charge is 2.30. The van der Waals surface area contributed by atoms with Crippen molar-refractivity contribution < 1.29 is 18.7 Å². The maximum Gasteiger partial charge on any atom is 0.251 e. The lowest BCUT2D eigenvalue weighted by molar-refractivity contribution is -0.127. The van der Waals surface area contributed by atoms with Crippen LogP contribution in [0.5, 0.6) is 5.75 Å². The van der Waals surface area contributed by atoms with Gasteiger partial charge in [-0.15, -0.1) is 0 Å². The minimum atomic E-state index is -0.271. The lowest BCUT2D eigenvalue weighted by Gasteiger charge is -2.17. The van der Waals surface area contributed by atoms with Crippen molar-refractivity contribution >= 4 is 11.8 Å². The number of nitrogens with one attached hydrogen (secondary N) is 1. The summed E-state index contributed by atoms with van der Waals surface area (Å²) in [5.41, 5.74) is 1.51. The van der Waals surface area contributed by atoms with E-state index in [0.29, 0.717) is 37.2 Å². The number of amides is 2. The van der Waals surface area contributed by atoms with Gasteiger partial charge in [0.25, 0.3) is 5.91 Å². The van der Waals surface area contributed by atoms with Crippen LogP contribution < -0.4 is 10.1 Å². The van der Waals surface area contributed by atoms with E-state index < -0.39 is 0 Å². The van der Waals surface area contributed by atoms with Crippen LogP contribution in [0, 0.1) is 5.82 Å². The smallest absolute Gasteiger partial charge is 0.251 e. The number of carbonyl (C=O) groups is 2. The van der Waals surface area contributed by atoms with Crippen molar-refractivity contribution in [1.29, 1.82) is 0 Å². The van der Waals surface area contributed by atoms with E-state index in [4.69, 9.17) is 4.74 Å². The first kappa shape index (κ1) is 17.9. The Balaban J connectivity index is 1.51. The summed E-state index contributed by atoms with van der Waals surface area (Å²) in [7, 11) is 1.57. The van der Waals surface area contributed by atoms with Gasteiger partial charge in [0.05, 0.1) is 13.2 Å². The molecule has 2 aromatic carbocycles. The summed E-state index contributed by atoms with van der Waals surface area (Å²) in [6.45, 7) is 1.04. The van der Waals surface area contributed by atoms with Crippen molar-refractivity contribution in [2.45, 2.75) is 18.9 Å². The van der Waals surface area contributed by atoms with Crippen LogP contribution in [0.1, 0.15) is 22.3 Å². The van der Waals surface area contributed by atoms with Gasteiger partial charge in [0.2, 0.25) is 5.91 Å². The normalized spacial score (nSPS) is 16.6. The molecular weight excluding hydrogens is 335 g/mol. The Kier molecular flexibility index (Phi) is 5.51. The summed E-state index contributed by atoms with van der Waals surface area (Å²) in [6, 6.07) is 12.9. The number of methoxy groups -OCH3 is 1. The van der Waals surface area contributed by atoms with Gasteiger partial charge in [-0.1, -0.05) is 12.1 Å². The number of halogens is 1. The van der Waals surface area contributed by atoms with Crippen LogP contribution in [0.2, 0.25) is 0 Å². The molecule has 0 aliphatic carbocycles. The average Bonchev–Trinajstić information content (AvgIpc) is 3.00. The summed E-state index contributed by atoms with van der Waals surface area (Å²) < 4.78 is 18.0. The second-order valence-electron chi connectivity index (χ2n) is 6.32. The van der Waals surface area contributed by atoms with Crippen LogP contribution in [0.25, 0.3) is 0 Å². The lowest BCUT2D eigenvalue weighted by atomic mass is 10.1. The van der Waals surface area contributed by atoms with Crippen molar-refractivity contribution in [2.75, 3.05) is 20.2 Å². The van der Waals surface area contributed by atoms with Gasteiger partial charge >= 0.3 is 0 Å². The van der Waals surface area contributed by atoms with Crippen molar-refractivity contribution in [3.05, 3.63) is 65.5 Å². The van der Waals surface area contributed by atoms with Crippen molar-refractivity contribution in [3.63, 3.8) is 0 Å². The molecule has 136 valence electrons. The third kappa shape index (κ3) is 4.39. The van der Waals surface area contributed by atoms with E-state index in [1.165, 1.54) is 12.1 Å². The summed E-state index contributed by atoms with van der Waals surface area (Å²) in [5, 5.41) is 2.91. The molecule has 2 aromatic rings. The molecule has 1 fully saturated rings. The molecule has 0 spiro atoms. The monoisotopic (exact) mass is 356 g/mol. The summed E-state index contributed by atoms with van der Waals surface area (Å²) >= 11 is 0. The van der Waals surface area contributed by atoms with Crippen molar-refractivity contribution in [2.24, 2.45) is 0 Å². The molecular formula is C20H21FN2O3. The number of benzene rings is 2. The largest absolute Gasteiger partial charge is 0.497 e. The Bertz CT molecular complexity index is 775. The Labute approximate surface area is 151 Å². The molecule has 1 atom stereocenters. The molecule has 0 bridgehead atoms. The van der Waals surface area contributed by atoms with E-state index in [1.807, 2.05) is 0 Å². The second kappa shape index (κ2) is 7.99. The molecule has 1 aliphatic rings. The Hall–Kier alpha value is -2.89. The van der Waals surface area contributed by atoms with E-state index in [0.717, 1.165) is 5.56 Å². The quantitative estimate of drug-likeness (QED) is 0.865. The molecule has 0 radical (unpaired) electrons. The van der Waals surface area contributed by atoms with E-state index >= 15 is 0 Å². The first-order valence-corrected chi connectivity index (χ1v) is 8.52. The summed E-state index contributed by atoms with van der Waals surface area (Å²) in [5.74, 6) is 0.231. The maximum atomic E-state index is 12.9. The SMILES string of the molecule is COc1ccc(C(=O)N[C@@H]2CC(=O)N(CCc3ccc(F)cc3)C2)cc1. The summed E-state index contributed by atoms with van der Waals surface area (Å²) in [4.78, 5) is 26.2. The zero-order valence-electron chi connectivity index (χ0n) is 14.6. The minimum Gasteiger partial charge on any atom is -0.497 e. The van der Waals surface area contributed by atoms with Crippen LogP contribution in [0.4, 0.5) is 4.39 Å². The van der Waals surface area contributed by atoms with E-state index in [-0.39, 0.29) is 23.7 Å². The van der Waals surface area contributed by atoms with Crippen LogP contribution in [-0.4, -0.2) is 43.0 Å². The molecule has 1 N–H and O–H groups in total. The number of hydrogen-bond donors (Lipinski definition) is 1. The maximum absolute atomic E-state index is 12.9. The zero-order chi connectivity index (χ0) is 18.5. The third-order valence-electron chi connectivity index (χ3n) is 4.49. The minimum absolute atomic E-state index is 0.0205. The highest BCUT2D eigenvalue weighted by Crippen LogP contribution is 2.15. The third-order valence-corrected chi connectivity index (χ3v) is 4.49. The number of hydrogen-bond acceptors (Lipinski definition) is 3. The van der Waals surface area contributed by atoms with Gasteiger partial charge in [-0.2, -0.15) is 0 Å². The number of ether oxygens (including phenoxy) is 1. The van der Waals surface area contributed by atoms with Crippen LogP contribution >= 0.6 is 0 Å². The van der Waals surface area contributed by atoms with E-state index in [9.17, 15) is 14.0 Å². The molecule has 6 heteroatoms. The van der Waals surface area contributed by atoms with Gasteiger partial charge in [-0.05, 0) is 48.4 Å². The molecule has 3 rings (SSSR count). The fraction of sp³-hybridized carbons (Fsp3) is 0.300. The predicted molar refractivity (Wildman–Crippen MR) is 95.5 cm³/mol. The molecule has 5 nitrogen and oxygen atoms in total. The van der Waals surface area contributed by atoms with Gasteiger partial charge < -0.3 is 15.0 Å². The molecule has 2 amide bonds. The summed E-state index contributed by atoms with van der Waals surface area (Å²) in [6.07, 6.45) is 0.955. The van der Waals surface area contributed by atoms with Crippen molar-refractivity contribution in [1.82, 2.24) is 10.2 Å². The first-order valence-electron chi connectivity index (χ1n) is 8.52. The predicted octanol–water partition coefficient (Wildman–Crippen LogP) is 2.41. The second-order valence-corrected chi connectivity index (χ2v) is 6.32. The van der Waals surface area contributed by atoms with Gasteiger partial charge in [0.1, 0.15) is 11.6 Å². The van der Waals surface area contributed by atoms with Crippen LogP contribution in [0.3, 0.4) is 0 Å². The molecule has 1 aliphatic heterocycles. The Morgan fingerprint density at radius 2 is 1.88 bits per heavy atom. The van der Waals surface area contributed by atoms with Gasteiger partial charge in [-0.25, -0.2) is 4.39 Å². The fourth-order valence-electron chi connectivity index (χ4n) is 3.01. The molecule has 0 unspecified atom stereocenters. The average molecular weight is 356 g/mol. The molecule has 26 heavy (non-hydrogen) atoms. The van der Waals surface area contributed by atoms with Crippen LogP contribution in [0.15, 0.2) is 48.5 Å². The number of likely N-dealkylation sites (tertiary alicyclic amines) is 1.